The van der Waals surface area contributed by atoms with E-state index in [0.717, 1.165) is 12.2 Å². The lowest BCUT2D eigenvalue weighted by Crippen LogP contribution is -2.29. The molecule has 20 heavy (non-hydrogen) atoms. The van der Waals surface area contributed by atoms with Gasteiger partial charge in [0.05, 0.1) is 6.54 Å². The molecule has 2 N–H and O–H groups in total. The lowest BCUT2D eigenvalue weighted by molar-refractivity contribution is 0.0660. The Hall–Kier alpha value is -2.27. The Morgan fingerprint density at radius 3 is 2.90 bits per heavy atom. The van der Waals surface area contributed by atoms with Crippen LogP contribution in [0.25, 0.3) is 0 Å². The van der Waals surface area contributed by atoms with Crippen LogP contribution in [0.2, 0.25) is 0 Å². The molecule has 0 saturated carbocycles. The second-order valence-corrected chi connectivity index (χ2v) is 4.75. The van der Waals surface area contributed by atoms with E-state index in [1.54, 1.807) is 6.07 Å². The average Bonchev–Trinajstić information content (AvgIpc) is 3.04. The maximum atomic E-state index is 10.7. The lowest BCUT2D eigenvalue weighted by atomic mass is 10.1. The van der Waals surface area contributed by atoms with Gasteiger partial charge in [0, 0.05) is 13.0 Å². The Balaban J connectivity index is 1.48. The Morgan fingerprint density at radius 1 is 1.30 bits per heavy atom. The van der Waals surface area contributed by atoms with E-state index in [9.17, 15) is 4.79 Å². The van der Waals surface area contributed by atoms with E-state index in [1.165, 1.54) is 11.6 Å². The van der Waals surface area contributed by atoms with Crippen LogP contribution in [-0.4, -0.2) is 23.7 Å². The first-order valence-corrected chi connectivity index (χ1v) is 6.49. The highest BCUT2D eigenvalue weighted by Gasteiger charge is 2.21. The fraction of sp³-hybridized carbons (Fsp3) is 0.267. The van der Waals surface area contributed by atoms with Crippen LogP contribution >= 0.6 is 0 Å². The van der Waals surface area contributed by atoms with Crippen LogP contribution in [-0.2, 0) is 13.0 Å². The van der Waals surface area contributed by atoms with Crippen molar-refractivity contribution < 1.29 is 19.1 Å². The third-order valence-corrected chi connectivity index (χ3v) is 3.26. The van der Waals surface area contributed by atoms with Crippen molar-refractivity contribution in [2.45, 2.75) is 19.1 Å². The molecule has 0 fully saturated rings. The number of nitrogens with one attached hydrogen (secondary N) is 1. The summed E-state index contributed by atoms with van der Waals surface area (Å²) in [6, 6.07) is 11.1. The van der Waals surface area contributed by atoms with Crippen molar-refractivity contribution in [1.29, 1.82) is 0 Å². The minimum absolute atomic E-state index is 0.0358. The van der Waals surface area contributed by atoms with Gasteiger partial charge in [0.25, 0.3) is 0 Å². The van der Waals surface area contributed by atoms with Gasteiger partial charge in [0.15, 0.2) is 0 Å². The molecule has 5 heteroatoms. The first-order chi connectivity index (χ1) is 9.72. The van der Waals surface area contributed by atoms with E-state index >= 15 is 0 Å². The quantitative estimate of drug-likeness (QED) is 0.872. The normalized spacial score (nSPS) is 16.7. The molecule has 1 atom stereocenters. The fourth-order valence-electron chi connectivity index (χ4n) is 2.31. The fourth-order valence-corrected chi connectivity index (χ4v) is 2.31. The van der Waals surface area contributed by atoms with Crippen LogP contribution in [0, 0.1) is 0 Å². The van der Waals surface area contributed by atoms with Gasteiger partial charge in [0.1, 0.15) is 17.6 Å². The molecule has 0 aliphatic carbocycles. The molecule has 0 bridgehead atoms. The molecule has 2 aromatic rings. The van der Waals surface area contributed by atoms with Crippen LogP contribution in [0.15, 0.2) is 40.8 Å². The number of aromatic carboxylic acids is 1. The summed E-state index contributed by atoms with van der Waals surface area (Å²) in [5.41, 5.74) is 1.23. The molecular weight excluding hydrogens is 258 g/mol. The van der Waals surface area contributed by atoms with Gasteiger partial charge < -0.3 is 19.6 Å². The largest absolute Gasteiger partial charge is 0.488 e. The van der Waals surface area contributed by atoms with Crippen molar-refractivity contribution >= 4 is 5.97 Å². The molecule has 1 aliphatic rings. The second kappa shape index (κ2) is 5.38. The van der Waals surface area contributed by atoms with E-state index in [2.05, 4.69) is 11.4 Å². The van der Waals surface area contributed by atoms with Crippen LogP contribution in [0.3, 0.4) is 0 Å². The zero-order valence-corrected chi connectivity index (χ0v) is 10.8. The number of hydrogen-bond donors (Lipinski definition) is 2. The summed E-state index contributed by atoms with van der Waals surface area (Å²) in [5.74, 6) is 0.473. The number of fused-ring (bicyclic) bond motifs is 1. The smallest absolute Gasteiger partial charge is 0.371 e. The number of furan rings is 1. The molecule has 104 valence electrons. The number of rotatable bonds is 5. The van der Waals surface area contributed by atoms with Gasteiger partial charge in [-0.05, 0) is 23.8 Å². The van der Waals surface area contributed by atoms with Gasteiger partial charge in [-0.3, -0.25) is 0 Å². The summed E-state index contributed by atoms with van der Waals surface area (Å²) >= 11 is 0. The van der Waals surface area contributed by atoms with E-state index in [1.807, 2.05) is 18.2 Å². The topological polar surface area (TPSA) is 71.7 Å². The van der Waals surface area contributed by atoms with Gasteiger partial charge in [-0.2, -0.15) is 0 Å². The molecular formula is C15H15NO4. The van der Waals surface area contributed by atoms with Crippen molar-refractivity contribution in [3.05, 3.63) is 53.5 Å². The minimum Gasteiger partial charge on any atom is -0.488 e. The third-order valence-electron chi connectivity index (χ3n) is 3.26. The molecule has 0 spiro atoms. The second-order valence-electron chi connectivity index (χ2n) is 4.75. The van der Waals surface area contributed by atoms with E-state index in [4.69, 9.17) is 14.3 Å². The van der Waals surface area contributed by atoms with E-state index in [-0.39, 0.29) is 11.9 Å². The van der Waals surface area contributed by atoms with Crippen molar-refractivity contribution in [2.24, 2.45) is 0 Å². The van der Waals surface area contributed by atoms with Crippen molar-refractivity contribution in [3.8, 4) is 5.75 Å². The predicted molar refractivity (Wildman–Crippen MR) is 71.9 cm³/mol. The monoisotopic (exact) mass is 273 g/mol. The molecule has 1 aliphatic heterocycles. The third kappa shape index (κ3) is 2.67. The van der Waals surface area contributed by atoms with Crippen molar-refractivity contribution in [2.75, 3.05) is 6.54 Å². The highest BCUT2D eigenvalue weighted by molar-refractivity contribution is 5.84. The average molecular weight is 273 g/mol. The summed E-state index contributed by atoms with van der Waals surface area (Å²) < 4.78 is 11.0. The highest BCUT2D eigenvalue weighted by Crippen LogP contribution is 2.27. The number of benzene rings is 1. The Morgan fingerprint density at radius 2 is 2.15 bits per heavy atom. The van der Waals surface area contributed by atoms with Crippen LogP contribution in [0.5, 0.6) is 5.75 Å². The number of carbonyl (C=O) groups is 1. The lowest BCUT2D eigenvalue weighted by Gasteiger charge is -2.10. The molecule has 1 aromatic carbocycles. The maximum absolute atomic E-state index is 10.7. The van der Waals surface area contributed by atoms with Crippen LogP contribution < -0.4 is 10.1 Å². The number of para-hydroxylation sites is 1. The molecule has 2 heterocycles. The summed E-state index contributed by atoms with van der Waals surface area (Å²) in [5, 5.41) is 12.0. The standard InChI is InChI=1S/C15H15NO4/c17-15(18)14-6-5-11(19-14)8-16-9-12-7-10-3-1-2-4-13(10)20-12/h1-6,12,16H,7-9H2,(H,17,18). The van der Waals surface area contributed by atoms with Crippen molar-refractivity contribution in [1.82, 2.24) is 5.32 Å². The van der Waals surface area contributed by atoms with Gasteiger partial charge in [-0.25, -0.2) is 4.79 Å². The summed E-state index contributed by atoms with van der Waals surface area (Å²) in [6.07, 6.45) is 1.00. The Labute approximate surface area is 116 Å². The highest BCUT2D eigenvalue weighted by atomic mass is 16.5. The molecule has 3 rings (SSSR count). The molecule has 0 amide bonds. The number of carboxylic acids is 1. The summed E-state index contributed by atoms with van der Waals surface area (Å²) in [4.78, 5) is 10.7. The molecule has 1 aromatic heterocycles. The first kappa shape index (κ1) is 12.7. The number of carboxylic acid groups (broad SMARTS) is 1. The van der Waals surface area contributed by atoms with E-state index in [0.29, 0.717) is 18.8 Å². The van der Waals surface area contributed by atoms with Gasteiger partial charge in [-0.1, -0.05) is 18.2 Å². The number of ether oxygens (including phenoxy) is 1. The van der Waals surface area contributed by atoms with Crippen LogP contribution in [0.1, 0.15) is 21.9 Å². The summed E-state index contributed by atoms with van der Waals surface area (Å²) in [7, 11) is 0. The first-order valence-electron chi connectivity index (χ1n) is 6.49. The SMILES string of the molecule is O=C(O)c1ccc(CNCC2Cc3ccccc3O2)o1. The maximum Gasteiger partial charge on any atom is 0.371 e. The van der Waals surface area contributed by atoms with Crippen LogP contribution in [0.4, 0.5) is 0 Å². The molecule has 0 radical (unpaired) electrons. The van der Waals surface area contributed by atoms with Crippen molar-refractivity contribution in [3.63, 3.8) is 0 Å². The minimum atomic E-state index is -1.05. The van der Waals surface area contributed by atoms with E-state index < -0.39 is 5.97 Å². The van der Waals surface area contributed by atoms with Gasteiger partial charge >= 0.3 is 5.97 Å². The zero-order valence-electron chi connectivity index (χ0n) is 10.8. The molecule has 5 nitrogen and oxygen atoms in total. The summed E-state index contributed by atoms with van der Waals surface area (Å²) in [6.45, 7) is 1.18. The Kier molecular flexibility index (Phi) is 3.43. The Bertz CT molecular complexity index is 595. The van der Waals surface area contributed by atoms with Gasteiger partial charge in [-0.15, -0.1) is 0 Å². The van der Waals surface area contributed by atoms with Gasteiger partial charge in [0.2, 0.25) is 5.76 Å². The zero-order chi connectivity index (χ0) is 13.9. The molecule has 1 unspecified atom stereocenters. The molecule has 0 saturated heterocycles. The predicted octanol–water partition coefficient (Wildman–Crippen LogP) is 2.07. The number of hydrogen-bond acceptors (Lipinski definition) is 4.